The number of non-ortho nitro benzene ring substituents is 1. The summed E-state index contributed by atoms with van der Waals surface area (Å²) in [6, 6.07) is 4.59. The molecular formula is C11H16ClN3O2. The van der Waals surface area contributed by atoms with Gasteiger partial charge in [-0.2, -0.15) is 0 Å². The third kappa shape index (κ3) is 4.68. The van der Waals surface area contributed by atoms with E-state index in [0.29, 0.717) is 11.6 Å². The molecule has 6 heteroatoms. The SMILES string of the molecule is NCCNCCCc1ccc([N+](=O)[O-])cc1Cl. The summed E-state index contributed by atoms with van der Waals surface area (Å²) >= 11 is 5.97. The molecule has 1 aromatic carbocycles. The largest absolute Gasteiger partial charge is 0.329 e. The maximum absolute atomic E-state index is 10.5. The summed E-state index contributed by atoms with van der Waals surface area (Å²) in [7, 11) is 0. The van der Waals surface area contributed by atoms with E-state index in [4.69, 9.17) is 17.3 Å². The lowest BCUT2D eigenvalue weighted by atomic mass is 10.1. The van der Waals surface area contributed by atoms with Crippen LogP contribution in [0.15, 0.2) is 18.2 Å². The first-order valence-electron chi connectivity index (χ1n) is 5.48. The van der Waals surface area contributed by atoms with E-state index in [0.717, 1.165) is 31.5 Å². The average molecular weight is 258 g/mol. The van der Waals surface area contributed by atoms with Gasteiger partial charge in [0.25, 0.3) is 5.69 Å². The predicted octanol–water partition coefficient (Wildman–Crippen LogP) is 1.73. The molecule has 0 unspecified atom stereocenters. The van der Waals surface area contributed by atoms with Crippen molar-refractivity contribution in [1.29, 1.82) is 0 Å². The van der Waals surface area contributed by atoms with Gasteiger partial charge in [-0.25, -0.2) is 0 Å². The van der Waals surface area contributed by atoms with Crippen molar-refractivity contribution in [3.8, 4) is 0 Å². The first-order valence-corrected chi connectivity index (χ1v) is 5.86. The van der Waals surface area contributed by atoms with Crippen LogP contribution in [0.2, 0.25) is 5.02 Å². The number of nitrogens with zero attached hydrogens (tertiary/aromatic N) is 1. The fourth-order valence-electron chi connectivity index (χ4n) is 1.48. The molecule has 17 heavy (non-hydrogen) atoms. The van der Waals surface area contributed by atoms with E-state index in [9.17, 15) is 10.1 Å². The third-order valence-electron chi connectivity index (χ3n) is 2.37. The van der Waals surface area contributed by atoms with Crippen molar-refractivity contribution in [2.45, 2.75) is 12.8 Å². The van der Waals surface area contributed by atoms with Crippen molar-refractivity contribution in [1.82, 2.24) is 5.32 Å². The number of rotatable bonds is 7. The molecule has 0 atom stereocenters. The summed E-state index contributed by atoms with van der Waals surface area (Å²) in [5.74, 6) is 0. The minimum absolute atomic E-state index is 0.0278. The molecule has 1 aromatic rings. The molecular weight excluding hydrogens is 242 g/mol. The monoisotopic (exact) mass is 257 g/mol. The Kier molecular flexibility index (Phi) is 5.90. The van der Waals surface area contributed by atoms with Gasteiger partial charge in [-0.3, -0.25) is 10.1 Å². The molecule has 0 saturated heterocycles. The zero-order chi connectivity index (χ0) is 12.7. The molecule has 0 aromatic heterocycles. The van der Waals surface area contributed by atoms with E-state index in [-0.39, 0.29) is 5.69 Å². The smallest absolute Gasteiger partial charge is 0.270 e. The fourth-order valence-corrected chi connectivity index (χ4v) is 1.75. The summed E-state index contributed by atoms with van der Waals surface area (Å²) in [6.45, 7) is 2.29. The Morgan fingerprint density at radius 3 is 2.76 bits per heavy atom. The number of nitrogens with one attached hydrogen (secondary N) is 1. The minimum Gasteiger partial charge on any atom is -0.329 e. The number of benzene rings is 1. The normalized spacial score (nSPS) is 10.5. The second-order valence-corrected chi connectivity index (χ2v) is 4.08. The maximum Gasteiger partial charge on any atom is 0.270 e. The summed E-state index contributed by atoms with van der Waals surface area (Å²) in [5, 5.41) is 14.2. The Balaban J connectivity index is 2.46. The number of nitro benzene ring substituents is 1. The second kappa shape index (κ2) is 7.21. The number of hydrogen-bond acceptors (Lipinski definition) is 4. The van der Waals surface area contributed by atoms with Gasteiger partial charge in [0.2, 0.25) is 0 Å². The maximum atomic E-state index is 10.5. The van der Waals surface area contributed by atoms with E-state index in [1.807, 2.05) is 0 Å². The van der Waals surface area contributed by atoms with E-state index in [1.54, 1.807) is 6.07 Å². The molecule has 0 aliphatic rings. The van der Waals surface area contributed by atoms with Crippen LogP contribution < -0.4 is 11.1 Å². The molecule has 94 valence electrons. The summed E-state index contributed by atoms with van der Waals surface area (Å²) in [6.07, 6.45) is 1.73. The zero-order valence-electron chi connectivity index (χ0n) is 9.49. The van der Waals surface area contributed by atoms with Crippen LogP contribution in [-0.2, 0) is 6.42 Å². The van der Waals surface area contributed by atoms with Crippen molar-refractivity contribution in [2.75, 3.05) is 19.6 Å². The number of halogens is 1. The minimum atomic E-state index is -0.446. The van der Waals surface area contributed by atoms with Crippen LogP contribution in [0.4, 0.5) is 5.69 Å². The summed E-state index contributed by atoms with van der Waals surface area (Å²) in [5.41, 5.74) is 6.31. The topological polar surface area (TPSA) is 81.2 Å². The second-order valence-electron chi connectivity index (χ2n) is 3.68. The lowest BCUT2D eigenvalue weighted by Crippen LogP contribution is -2.23. The highest BCUT2D eigenvalue weighted by Gasteiger charge is 2.08. The van der Waals surface area contributed by atoms with Crippen LogP contribution in [0.5, 0.6) is 0 Å². The predicted molar refractivity (Wildman–Crippen MR) is 68.4 cm³/mol. The molecule has 3 N–H and O–H groups in total. The molecule has 0 saturated carbocycles. The van der Waals surface area contributed by atoms with Gasteiger partial charge >= 0.3 is 0 Å². The highest BCUT2D eigenvalue weighted by molar-refractivity contribution is 6.31. The first-order chi connectivity index (χ1) is 8.15. The first kappa shape index (κ1) is 13.9. The van der Waals surface area contributed by atoms with E-state index in [1.165, 1.54) is 12.1 Å². The van der Waals surface area contributed by atoms with Crippen LogP contribution in [-0.4, -0.2) is 24.6 Å². The molecule has 0 spiro atoms. The van der Waals surface area contributed by atoms with Crippen LogP contribution in [0.1, 0.15) is 12.0 Å². The zero-order valence-corrected chi connectivity index (χ0v) is 10.2. The molecule has 0 amide bonds. The quantitative estimate of drug-likeness (QED) is 0.443. The van der Waals surface area contributed by atoms with E-state index in [2.05, 4.69) is 5.32 Å². The van der Waals surface area contributed by atoms with Gasteiger partial charge in [-0.1, -0.05) is 17.7 Å². The van der Waals surface area contributed by atoms with Gasteiger partial charge in [-0.05, 0) is 24.9 Å². The van der Waals surface area contributed by atoms with Crippen molar-refractivity contribution >= 4 is 17.3 Å². The van der Waals surface area contributed by atoms with Gasteiger partial charge < -0.3 is 11.1 Å². The van der Waals surface area contributed by atoms with E-state index >= 15 is 0 Å². The molecule has 0 radical (unpaired) electrons. The number of hydrogen-bond donors (Lipinski definition) is 2. The van der Waals surface area contributed by atoms with Crippen LogP contribution in [0, 0.1) is 10.1 Å². The Labute approximate surface area is 105 Å². The van der Waals surface area contributed by atoms with Gasteiger partial charge in [0.05, 0.1) is 9.95 Å². The van der Waals surface area contributed by atoms with Gasteiger partial charge in [-0.15, -0.1) is 0 Å². The highest BCUT2D eigenvalue weighted by atomic mass is 35.5. The lowest BCUT2D eigenvalue weighted by Gasteiger charge is -2.05. The van der Waals surface area contributed by atoms with Crippen LogP contribution in [0.25, 0.3) is 0 Å². The summed E-state index contributed by atoms with van der Waals surface area (Å²) in [4.78, 5) is 10.1. The molecule has 0 aliphatic carbocycles. The van der Waals surface area contributed by atoms with Crippen LogP contribution >= 0.6 is 11.6 Å². The standard InChI is InChI=1S/C11H16ClN3O2/c12-11-8-10(15(16)17)4-3-9(11)2-1-6-14-7-5-13/h3-4,8,14H,1-2,5-7,13H2. The molecule has 0 aliphatic heterocycles. The Bertz CT molecular complexity index is 385. The molecule has 5 nitrogen and oxygen atoms in total. The van der Waals surface area contributed by atoms with Crippen molar-refractivity contribution in [3.63, 3.8) is 0 Å². The van der Waals surface area contributed by atoms with E-state index < -0.39 is 4.92 Å². The Morgan fingerprint density at radius 1 is 1.41 bits per heavy atom. The third-order valence-corrected chi connectivity index (χ3v) is 2.72. The number of nitrogens with two attached hydrogens (primary N) is 1. The fraction of sp³-hybridized carbons (Fsp3) is 0.455. The van der Waals surface area contributed by atoms with Crippen molar-refractivity contribution in [2.24, 2.45) is 5.73 Å². The number of nitro groups is 1. The van der Waals surface area contributed by atoms with Gasteiger partial charge in [0.1, 0.15) is 0 Å². The van der Waals surface area contributed by atoms with Crippen molar-refractivity contribution in [3.05, 3.63) is 38.9 Å². The highest BCUT2D eigenvalue weighted by Crippen LogP contribution is 2.23. The van der Waals surface area contributed by atoms with Crippen molar-refractivity contribution < 1.29 is 4.92 Å². The van der Waals surface area contributed by atoms with Gasteiger partial charge in [0.15, 0.2) is 0 Å². The summed E-state index contributed by atoms with van der Waals surface area (Å²) < 4.78 is 0. The molecule has 1 rings (SSSR count). The van der Waals surface area contributed by atoms with Gasteiger partial charge in [0, 0.05) is 25.2 Å². The molecule has 0 heterocycles. The Hall–Kier alpha value is -1.17. The number of aryl methyl sites for hydroxylation is 1. The Morgan fingerprint density at radius 2 is 2.18 bits per heavy atom. The van der Waals surface area contributed by atoms with Crippen LogP contribution in [0.3, 0.4) is 0 Å². The molecule has 0 bridgehead atoms. The molecule has 0 fully saturated rings. The lowest BCUT2D eigenvalue weighted by molar-refractivity contribution is -0.384. The average Bonchev–Trinajstić information content (AvgIpc) is 2.30.